The third-order valence-electron chi connectivity index (χ3n) is 2.69. The summed E-state index contributed by atoms with van der Waals surface area (Å²) in [7, 11) is 1.87. The fourth-order valence-corrected chi connectivity index (χ4v) is 1.64. The van der Waals surface area contributed by atoms with Crippen LogP contribution in [0.25, 0.3) is 5.57 Å². The van der Waals surface area contributed by atoms with Gasteiger partial charge in [-0.15, -0.1) is 0 Å². The van der Waals surface area contributed by atoms with Gasteiger partial charge in [0.05, 0.1) is 6.20 Å². The van der Waals surface area contributed by atoms with Crippen molar-refractivity contribution in [3.05, 3.63) is 60.2 Å². The molecule has 0 aliphatic carbocycles. The molecule has 0 spiro atoms. The van der Waals surface area contributed by atoms with Crippen molar-refractivity contribution in [1.29, 1.82) is 0 Å². The lowest BCUT2D eigenvalue weighted by molar-refractivity contribution is 0.942. The van der Waals surface area contributed by atoms with E-state index in [-0.39, 0.29) is 0 Å². The van der Waals surface area contributed by atoms with Gasteiger partial charge >= 0.3 is 0 Å². The molecule has 0 bridgehead atoms. The lowest BCUT2D eigenvalue weighted by Crippen LogP contribution is -2.06. The first-order valence-electron chi connectivity index (χ1n) is 5.78. The van der Waals surface area contributed by atoms with Crippen LogP contribution in [0, 0.1) is 0 Å². The maximum absolute atomic E-state index is 4.28. The first-order valence-corrected chi connectivity index (χ1v) is 5.78. The zero-order chi connectivity index (χ0) is 12.8. The zero-order valence-corrected chi connectivity index (χ0v) is 10.4. The molecule has 0 aromatic carbocycles. The van der Waals surface area contributed by atoms with Gasteiger partial charge in [-0.2, -0.15) is 5.10 Å². The minimum atomic E-state index is 0.881. The third-order valence-corrected chi connectivity index (χ3v) is 2.69. The van der Waals surface area contributed by atoms with Gasteiger partial charge in [0.15, 0.2) is 0 Å². The lowest BCUT2D eigenvalue weighted by Gasteiger charge is -2.07. The molecule has 0 fully saturated rings. The molecular weight excluding hydrogens is 224 g/mol. The molecule has 1 aromatic rings. The Morgan fingerprint density at radius 1 is 1.56 bits per heavy atom. The van der Waals surface area contributed by atoms with Crippen LogP contribution in [0.15, 0.2) is 59.7 Å². The maximum Gasteiger partial charge on any atom is 0.121 e. The van der Waals surface area contributed by atoms with E-state index in [0.29, 0.717) is 0 Å². The Morgan fingerprint density at radius 2 is 2.44 bits per heavy atom. The van der Waals surface area contributed by atoms with Gasteiger partial charge in [-0.25, -0.2) is 4.99 Å². The van der Waals surface area contributed by atoms with E-state index in [1.165, 1.54) is 0 Å². The summed E-state index contributed by atoms with van der Waals surface area (Å²) < 4.78 is 0. The second kappa shape index (κ2) is 5.82. The van der Waals surface area contributed by atoms with E-state index in [1.54, 1.807) is 6.20 Å². The van der Waals surface area contributed by atoms with Crippen LogP contribution in [-0.4, -0.2) is 23.5 Å². The van der Waals surface area contributed by atoms with Crippen molar-refractivity contribution < 1.29 is 0 Å². The summed E-state index contributed by atoms with van der Waals surface area (Å²) in [6.45, 7) is 3.81. The normalized spacial score (nSPS) is 17.7. The van der Waals surface area contributed by atoms with Crippen molar-refractivity contribution in [3.63, 3.8) is 0 Å². The fraction of sp³-hybridized carbons (Fsp3) is 0.143. The molecule has 92 valence electrons. The van der Waals surface area contributed by atoms with Gasteiger partial charge in [0.1, 0.15) is 5.82 Å². The summed E-state index contributed by atoms with van der Waals surface area (Å²) in [5.74, 6) is 0.912. The number of aliphatic imine (C=N–C) groups is 1. The molecule has 0 unspecified atom stereocenters. The molecule has 2 rings (SSSR count). The smallest absolute Gasteiger partial charge is 0.121 e. The molecule has 2 N–H and O–H groups in total. The van der Waals surface area contributed by atoms with Crippen molar-refractivity contribution in [3.8, 4) is 0 Å². The molecule has 0 saturated heterocycles. The average Bonchev–Trinajstić information content (AvgIpc) is 2.94. The van der Waals surface area contributed by atoms with Crippen molar-refractivity contribution in [2.75, 3.05) is 7.05 Å². The highest BCUT2D eigenvalue weighted by Gasteiger charge is 2.01. The molecule has 1 aliphatic heterocycles. The standard InChI is InChI=1S/C14H16N4/c1-3-12(13-9-17-18-10-13)6-4-11-5-7-14(15-2)16-8-11/h3-4,6-10,15H,1,5H2,2H3,(H,17,18)/b11-4+,12-6+. The van der Waals surface area contributed by atoms with Crippen molar-refractivity contribution in [2.24, 2.45) is 4.99 Å². The van der Waals surface area contributed by atoms with Crippen molar-refractivity contribution >= 4 is 11.8 Å². The van der Waals surface area contributed by atoms with Crippen LogP contribution in [0.4, 0.5) is 0 Å². The molecule has 0 saturated carbocycles. The topological polar surface area (TPSA) is 53.1 Å². The van der Waals surface area contributed by atoms with Crippen molar-refractivity contribution in [2.45, 2.75) is 6.42 Å². The number of rotatable bonds is 4. The van der Waals surface area contributed by atoms with E-state index >= 15 is 0 Å². The van der Waals surface area contributed by atoms with Gasteiger partial charge < -0.3 is 5.32 Å². The Kier molecular flexibility index (Phi) is 3.91. The average molecular weight is 240 g/mol. The van der Waals surface area contributed by atoms with Crippen LogP contribution in [-0.2, 0) is 0 Å². The van der Waals surface area contributed by atoms with Crippen LogP contribution in [0.3, 0.4) is 0 Å². The maximum atomic E-state index is 4.28. The second-order valence-corrected chi connectivity index (χ2v) is 3.86. The summed E-state index contributed by atoms with van der Waals surface area (Å²) in [5, 5.41) is 9.74. The largest absolute Gasteiger partial charge is 0.373 e. The minimum Gasteiger partial charge on any atom is -0.373 e. The molecular formula is C14H16N4. The molecule has 4 heteroatoms. The summed E-state index contributed by atoms with van der Waals surface area (Å²) in [6, 6.07) is 0. The summed E-state index contributed by atoms with van der Waals surface area (Å²) >= 11 is 0. The van der Waals surface area contributed by atoms with Crippen LogP contribution in [0.1, 0.15) is 12.0 Å². The van der Waals surface area contributed by atoms with Crippen LogP contribution in [0.5, 0.6) is 0 Å². The van der Waals surface area contributed by atoms with Gasteiger partial charge in [-0.1, -0.05) is 24.8 Å². The number of aromatic amines is 1. The first kappa shape index (κ1) is 12.1. The number of nitrogens with zero attached hydrogens (tertiary/aromatic N) is 2. The SMILES string of the molecule is C=C/C(=C\C=C1\C=NC(NC)=CC1)c1cn[nH]c1. The Morgan fingerprint density at radius 3 is 3.00 bits per heavy atom. The molecule has 2 heterocycles. The van der Waals surface area contributed by atoms with Gasteiger partial charge in [0.25, 0.3) is 0 Å². The highest BCUT2D eigenvalue weighted by atomic mass is 15.1. The molecule has 0 amide bonds. The van der Waals surface area contributed by atoms with Crippen LogP contribution >= 0.6 is 0 Å². The third kappa shape index (κ3) is 2.85. The lowest BCUT2D eigenvalue weighted by atomic mass is 10.1. The van der Waals surface area contributed by atoms with Crippen molar-refractivity contribution in [1.82, 2.24) is 15.5 Å². The zero-order valence-electron chi connectivity index (χ0n) is 10.4. The quantitative estimate of drug-likeness (QED) is 0.794. The van der Waals surface area contributed by atoms with E-state index in [0.717, 1.165) is 29.0 Å². The number of H-pyrrole nitrogens is 1. The second-order valence-electron chi connectivity index (χ2n) is 3.86. The Labute approximate surface area is 107 Å². The summed E-state index contributed by atoms with van der Waals surface area (Å²) in [6.07, 6.45) is 14.3. The molecule has 4 nitrogen and oxygen atoms in total. The van der Waals surface area contributed by atoms with Gasteiger partial charge in [0.2, 0.25) is 0 Å². The molecule has 0 atom stereocenters. The highest BCUT2D eigenvalue weighted by molar-refractivity contribution is 5.83. The van der Waals surface area contributed by atoms with Crippen LogP contribution < -0.4 is 5.32 Å². The predicted molar refractivity (Wildman–Crippen MR) is 75.1 cm³/mol. The number of aromatic nitrogens is 2. The van der Waals surface area contributed by atoms with E-state index in [1.807, 2.05) is 31.6 Å². The van der Waals surface area contributed by atoms with E-state index in [4.69, 9.17) is 0 Å². The molecule has 0 radical (unpaired) electrons. The molecule has 1 aromatic heterocycles. The number of nitrogens with one attached hydrogen (secondary N) is 2. The fourth-order valence-electron chi connectivity index (χ4n) is 1.64. The van der Waals surface area contributed by atoms with E-state index in [9.17, 15) is 0 Å². The Hall–Kier alpha value is -2.36. The van der Waals surface area contributed by atoms with Gasteiger partial charge in [-0.3, -0.25) is 5.10 Å². The Bertz CT molecular complexity index is 530. The predicted octanol–water partition coefficient (Wildman–Crippen LogP) is 2.44. The monoisotopic (exact) mass is 240 g/mol. The number of hydrogen-bond acceptors (Lipinski definition) is 3. The first-order chi connectivity index (χ1) is 8.83. The van der Waals surface area contributed by atoms with E-state index in [2.05, 4.69) is 39.2 Å². The number of allylic oxidation sites excluding steroid dienone is 6. The van der Waals surface area contributed by atoms with E-state index < -0.39 is 0 Å². The minimum absolute atomic E-state index is 0.881. The molecule has 1 aliphatic rings. The van der Waals surface area contributed by atoms with Crippen LogP contribution in [0.2, 0.25) is 0 Å². The summed E-state index contributed by atoms with van der Waals surface area (Å²) in [4.78, 5) is 4.28. The summed E-state index contributed by atoms with van der Waals surface area (Å²) in [5.41, 5.74) is 3.23. The Balaban J connectivity index is 2.13. The molecule has 18 heavy (non-hydrogen) atoms. The number of hydrogen-bond donors (Lipinski definition) is 2. The van der Waals surface area contributed by atoms with Gasteiger partial charge in [0, 0.05) is 25.0 Å². The van der Waals surface area contributed by atoms with Gasteiger partial charge in [-0.05, 0) is 23.6 Å². The highest BCUT2D eigenvalue weighted by Crippen LogP contribution is 2.15.